The van der Waals surface area contributed by atoms with E-state index in [2.05, 4.69) is 5.32 Å². The average molecular weight is 426 g/mol. The summed E-state index contributed by atoms with van der Waals surface area (Å²) in [5, 5.41) is 4.87. The third-order valence-electron chi connectivity index (χ3n) is 4.28. The van der Waals surface area contributed by atoms with Crippen LogP contribution in [-0.4, -0.2) is 5.91 Å². The molecule has 3 nitrogen and oxygen atoms in total. The van der Waals surface area contributed by atoms with Crippen LogP contribution in [0.3, 0.4) is 0 Å². The van der Waals surface area contributed by atoms with Gasteiger partial charge in [0.25, 0.3) is 5.91 Å². The van der Waals surface area contributed by atoms with Crippen molar-refractivity contribution in [1.82, 2.24) is 0 Å². The van der Waals surface area contributed by atoms with Crippen LogP contribution in [0.5, 0.6) is 0 Å². The molecule has 28 heavy (non-hydrogen) atoms. The van der Waals surface area contributed by atoms with Gasteiger partial charge < -0.3 is 5.32 Å². The lowest BCUT2D eigenvalue weighted by atomic mass is 10.1. The maximum atomic E-state index is 13.2. The van der Waals surface area contributed by atoms with Crippen molar-refractivity contribution in [3.8, 4) is 11.1 Å². The Balaban J connectivity index is 1.90. The monoisotopic (exact) mass is 425 g/mol. The minimum absolute atomic E-state index is 0.147. The van der Waals surface area contributed by atoms with Crippen LogP contribution in [0, 0.1) is 0 Å². The number of benzene rings is 3. The summed E-state index contributed by atoms with van der Waals surface area (Å²) < 4.78 is 0.791. The fourth-order valence-electron chi connectivity index (χ4n) is 2.92. The number of hydrogen-bond donors (Lipinski definition) is 1. The van der Waals surface area contributed by atoms with Gasteiger partial charge in [0.05, 0.1) is 16.1 Å². The van der Waals surface area contributed by atoms with Crippen molar-refractivity contribution in [3.05, 3.63) is 98.6 Å². The third kappa shape index (κ3) is 3.54. The summed E-state index contributed by atoms with van der Waals surface area (Å²) in [7, 11) is 0. The van der Waals surface area contributed by atoms with Gasteiger partial charge in [-0.1, -0.05) is 59.6 Å². The van der Waals surface area contributed by atoms with Crippen LogP contribution in [0.4, 0.5) is 5.00 Å². The highest BCUT2D eigenvalue weighted by Gasteiger charge is 2.18. The summed E-state index contributed by atoms with van der Waals surface area (Å²) >= 11 is 13.5. The third-order valence-corrected chi connectivity index (χ3v) is 5.94. The highest BCUT2D eigenvalue weighted by molar-refractivity contribution is 7.22. The first-order chi connectivity index (χ1) is 13.5. The number of anilines is 1. The number of hydrogen-bond acceptors (Lipinski definition) is 3. The zero-order chi connectivity index (χ0) is 19.7. The Morgan fingerprint density at radius 2 is 1.54 bits per heavy atom. The summed E-state index contributed by atoms with van der Waals surface area (Å²) in [4.78, 5) is 26.0. The van der Waals surface area contributed by atoms with E-state index in [1.807, 2.05) is 18.2 Å². The number of carbonyl (C=O) groups excluding carboxylic acids is 1. The van der Waals surface area contributed by atoms with Gasteiger partial charge in [0.2, 0.25) is 0 Å². The molecule has 3 aromatic carbocycles. The molecule has 4 rings (SSSR count). The standard InChI is InChI=1S/C22H13Cl2NO2S/c23-14-11-9-13(10-12-14)19-20(26)16-6-2-4-8-18(16)28-22(19)25-21(27)15-5-1-3-7-17(15)24/h1-12H,(H,25,27). The van der Waals surface area contributed by atoms with Crippen molar-refractivity contribution in [3.63, 3.8) is 0 Å². The van der Waals surface area contributed by atoms with E-state index in [0.29, 0.717) is 37.1 Å². The minimum Gasteiger partial charge on any atom is -0.313 e. The quantitative estimate of drug-likeness (QED) is 0.407. The Bertz CT molecular complexity index is 1250. The lowest BCUT2D eigenvalue weighted by Gasteiger charge is -2.12. The first-order valence-corrected chi connectivity index (χ1v) is 9.99. The van der Waals surface area contributed by atoms with E-state index in [0.717, 1.165) is 4.70 Å². The number of amides is 1. The van der Waals surface area contributed by atoms with Gasteiger partial charge >= 0.3 is 0 Å². The number of nitrogens with one attached hydrogen (secondary N) is 1. The van der Waals surface area contributed by atoms with Gasteiger partial charge in [-0.05, 0) is 42.0 Å². The normalized spacial score (nSPS) is 10.8. The molecule has 138 valence electrons. The minimum atomic E-state index is -0.369. The van der Waals surface area contributed by atoms with Gasteiger partial charge in [0.15, 0.2) is 5.43 Å². The van der Waals surface area contributed by atoms with Gasteiger partial charge in [-0.3, -0.25) is 9.59 Å². The number of rotatable bonds is 3. The largest absolute Gasteiger partial charge is 0.313 e. The fourth-order valence-corrected chi connectivity index (χ4v) is 4.37. The second-order valence-electron chi connectivity index (χ2n) is 6.07. The molecule has 1 heterocycles. The molecule has 1 N–H and O–H groups in total. The van der Waals surface area contributed by atoms with Gasteiger partial charge in [-0.2, -0.15) is 0 Å². The smallest absolute Gasteiger partial charge is 0.257 e. The van der Waals surface area contributed by atoms with Crippen molar-refractivity contribution in [1.29, 1.82) is 0 Å². The summed E-state index contributed by atoms with van der Waals surface area (Å²) in [5.74, 6) is -0.369. The summed E-state index contributed by atoms with van der Waals surface area (Å²) in [6.07, 6.45) is 0. The average Bonchev–Trinajstić information content (AvgIpc) is 2.70. The maximum Gasteiger partial charge on any atom is 0.257 e. The second kappa shape index (κ2) is 7.76. The van der Waals surface area contributed by atoms with E-state index in [9.17, 15) is 9.59 Å². The van der Waals surface area contributed by atoms with E-state index in [-0.39, 0.29) is 11.3 Å². The van der Waals surface area contributed by atoms with Crippen LogP contribution in [0.2, 0.25) is 10.0 Å². The van der Waals surface area contributed by atoms with E-state index in [1.54, 1.807) is 54.6 Å². The summed E-state index contributed by atoms with van der Waals surface area (Å²) in [5.41, 5.74) is 1.32. The Labute approximate surface area is 175 Å². The Morgan fingerprint density at radius 1 is 0.857 bits per heavy atom. The molecule has 0 unspecified atom stereocenters. The molecule has 0 aliphatic heterocycles. The predicted octanol–water partition coefficient (Wildman–Crippen LogP) is 6.49. The van der Waals surface area contributed by atoms with Gasteiger partial charge in [0, 0.05) is 15.1 Å². The molecular formula is C22H13Cl2NO2S. The molecule has 0 radical (unpaired) electrons. The van der Waals surface area contributed by atoms with Gasteiger partial charge in [-0.25, -0.2) is 0 Å². The molecule has 0 aliphatic rings. The van der Waals surface area contributed by atoms with Crippen molar-refractivity contribution >= 4 is 55.5 Å². The SMILES string of the molecule is O=C(Nc1sc2ccccc2c(=O)c1-c1ccc(Cl)cc1)c1ccccc1Cl. The Hall–Kier alpha value is -2.66. The van der Waals surface area contributed by atoms with Crippen molar-refractivity contribution in [2.45, 2.75) is 0 Å². The van der Waals surface area contributed by atoms with E-state index in [1.165, 1.54) is 11.3 Å². The van der Waals surface area contributed by atoms with Crippen molar-refractivity contribution in [2.75, 3.05) is 5.32 Å². The maximum absolute atomic E-state index is 13.2. The van der Waals surface area contributed by atoms with Gasteiger partial charge in [0.1, 0.15) is 5.00 Å². The lowest BCUT2D eigenvalue weighted by Crippen LogP contribution is -2.16. The molecule has 0 spiro atoms. The molecular weight excluding hydrogens is 413 g/mol. The van der Waals surface area contributed by atoms with Crippen LogP contribution in [-0.2, 0) is 0 Å². The van der Waals surface area contributed by atoms with Crippen LogP contribution < -0.4 is 10.7 Å². The Kier molecular flexibility index (Phi) is 5.18. The molecule has 1 amide bonds. The van der Waals surface area contributed by atoms with E-state index in [4.69, 9.17) is 23.2 Å². The highest BCUT2D eigenvalue weighted by Crippen LogP contribution is 2.34. The van der Waals surface area contributed by atoms with Crippen LogP contribution in [0.15, 0.2) is 77.6 Å². The van der Waals surface area contributed by atoms with E-state index < -0.39 is 0 Å². The summed E-state index contributed by atoms with van der Waals surface area (Å²) in [6.45, 7) is 0. The molecule has 6 heteroatoms. The highest BCUT2D eigenvalue weighted by atomic mass is 35.5. The second-order valence-corrected chi connectivity index (χ2v) is 7.97. The topological polar surface area (TPSA) is 46.2 Å². The molecule has 4 aromatic rings. The molecule has 0 fully saturated rings. The molecule has 0 saturated carbocycles. The van der Waals surface area contributed by atoms with Crippen LogP contribution in [0.25, 0.3) is 21.2 Å². The summed E-state index contributed by atoms with van der Waals surface area (Å²) in [6, 6.07) is 21.1. The number of fused-ring (bicyclic) bond motifs is 1. The first kappa shape index (κ1) is 18.7. The van der Waals surface area contributed by atoms with Crippen molar-refractivity contribution in [2.24, 2.45) is 0 Å². The van der Waals surface area contributed by atoms with Crippen LogP contribution >= 0.6 is 34.5 Å². The lowest BCUT2D eigenvalue weighted by molar-refractivity contribution is 0.102. The molecule has 0 saturated heterocycles. The molecule has 1 aromatic heterocycles. The van der Waals surface area contributed by atoms with Crippen LogP contribution in [0.1, 0.15) is 10.4 Å². The van der Waals surface area contributed by atoms with E-state index >= 15 is 0 Å². The fraction of sp³-hybridized carbons (Fsp3) is 0. The van der Waals surface area contributed by atoms with Gasteiger partial charge in [-0.15, -0.1) is 11.3 Å². The van der Waals surface area contributed by atoms with Crippen molar-refractivity contribution < 1.29 is 4.79 Å². The Morgan fingerprint density at radius 3 is 2.29 bits per heavy atom. The first-order valence-electron chi connectivity index (χ1n) is 8.42. The molecule has 0 bridgehead atoms. The number of halogens is 2. The predicted molar refractivity (Wildman–Crippen MR) is 118 cm³/mol. The zero-order valence-corrected chi connectivity index (χ0v) is 16.7. The zero-order valence-electron chi connectivity index (χ0n) is 14.4. The molecule has 0 atom stereocenters. The molecule has 0 aliphatic carbocycles. The number of carbonyl (C=O) groups is 1.